The van der Waals surface area contributed by atoms with Gasteiger partial charge in [-0.1, -0.05) is 0 Å². The minimum atomic E-state index is -2.49. The molecule has 3 heterocycles. The summed E-state index contributed by atoms with van der Waals surface area (Å²) in [6.07, 6.45) is 15.3. The first kappa shape index (κ1) is 22.5. The Morgan fingerprint density at radius 1 is 1.07 bits per heavy atom. The molecule has 6 heteroatoms. The Morgan fingerprint density at radius 3 is 2.28 bits per heavy atom. The van der Waals surface area contributed by atoms with Crippen molar-refractivity contribution in [3.05, 3.63) is 48.3 Å². The molecule has 4 nitrogen and oxygen atoms in total. The molecule has 0 aliphatic carbocycles. The van der Waals surface area contributed by atoms with E-state index in [1.807, 2.05) is 29.8 Å². The van der Waals surface area contributed by atoms with E-state index in [1.54, 1.807) is 15.3 Å². The van der Waals surface area contributed by atoms with Gasteiger partial charge in [-0.3, -0.25) is 0 Å². The van der Waals surface area contributed by atoms with Crippen molar-refractivity contribution in [1.29, 1.82) is 0 Å². The number of aromatic nitrogens is 3. The summed E-state index contributed by atoms with van der Waals surface area (Å²) in [4.78, 5) is 22.6. The zero-order valence-corrected chi connectivity index (χ0v) is 21.7. The van der Waals surface area contributed by atoms with Gasteiger partial charge in [-0.25, -0.2) is 0 Å². The monoisotopic (exact) mass is 519 g/mol. The number of hydrogen-bond donors (Lipinski definition) is 0. The molecule has 0 radical (unpaired) electrons. The second-order valence-corrected chi connectivity index (χ2v) is 23.3. The van der Waals surface area contributed by atoms with Crippen LogP contribution in [0, 0.1) is 0 Å². The van der Waals surface area contributed by atoms with Crippen molar-refractivity contribution in [2.75, 3.05) is 0 Å². The number of nitrogens with zero attached hydrogens (tertiary/aromatic N) is 3. The van der Waals surface area contributed by atoms with Crippen LogP contribution >= 0.6 is 11.3 Å². The number of rotatable bonds is 12. The number of pyridine rings is 1. The van der Waals surface area contributed by atoms with Gasteiger partial charge in [-0.2, -0.15) is 0 Å². The van der Waals surface area contributed by atoms with Crippen LogP contribution < -0.4 is 2.89 Å². The summed E-state index contributed by atoms with van der Waals surface area (Å²) in [7, 11) is 0. The first-order valence-corrected chi connectivity index (χ1v) is 19.4. The van der Waals surface area contributed by atoms with Gasteiger partial charge < -0.3 is 0 Å². The van der Waals surface area contributed by atoms with E-state index >= 15 is 0 Å². The molecule has 0 atom stereocenters. The van der Waals surface area contributed by atoms with Crippen molar-refractivity contribution >= 4 is 43.2 Å². The molecule has 0 spiro atoms. The van der Waals surface area contributed by atoms with Crippen LogP contribution in [0.5, 0.6) is 0 Å². The number of hydrogen-bond acceptors (Lipinski definition) is 4. The van der Waals surface area contributed by atoms with Gasteiger partial charge in [0.05, 0.1) is 0 Å². The molecular weight excluding hydrogens is 485 g/mol. The first-order chi connectivity index (χ1) is 14.1. The zero-order valence-electron chi connectivity index (χ0n) is 18.0. The Kier molecular flexibility index (Phi) is 8.30. The summed E-state index contributed by atoms with van der Waals surface area (Å²) < 4.78 is 8.06. The molecule has 0 fully saturated rings. The fourth-order valence-electron chi connectivity index (χ4n) is 4.12. The van der Waals surface area contributed by atoms with E-state index in [4.69, 9.17) is 0 Å². The maximum atomic E-state index is 13.0. The Hall–Kier alpha value is -1.21. The zero-order chi connectivity index (χ0) is 20.7. The predicted molar refractivity (Wildman–Crippen MR) is 125 cm³/mol. The van der Waals surface area contributed by atoms with Crippen LogP contribution in [0.2, 0.25) is 13.3 Å². The van der Waals surface area contributed by atoms with Gasteiger partial charge >= 0.3 is 183 Å². The van der Waals surface area contributed by atoms with E-state index in [0.717, 1.165) is 4.83 Å². The van der Waals surface area contributed by atoms with Crippen LogP contribution in [0.1, 0.15) is 75.3 Å². The SMILES string of the molecule is CCC[CH2][Sn]([CH2]CCC)([CH2]CCC)[c]1cn2cnc(C(=O)c3cccnc3)c2s1. The molecule has 0 amide bonds. The quantitative estimate of drug-likeness (QED) is 0.216. The molecule has 0 N–H and O–H groups in total. The molecule has 156 valence electrons. The van der Waals surface area contributed by atoms with Crippen molar-refractivity contribution in [1.82, 2.24) is 14.4 Å². The number of ketones is 1. The Morgan fingerprint density at radius 2 is 1.72 bits per heavy atom. The van der Waals surface area contributed by atoms with E-state index in [1.165, 1.54) is 51.8 Å². The molecule has 0 aliphatic heterocycles. The number of imidazole rings is 1. The summed E-state index contributed by atoms with van der Waals surface area (Å²) >= 11 is -0.627. The second-order valence-electron chi connectivity index (χ2n) is 8.06. The molecule has 0 aromatic carbocycles. The molecular formula is C23H33N3OSSn. The van der Waals surface area contributed by atoms with E-state index in [2.05, 4.69) is 41.3 Å². The van der Waals surface area contributed by atoms with Crippen molar-refractivity contribution in [3.63, 3.8) is 0 Å². The molecule has 3 aromatic rings. The van der Waals surface area contributed by atoms with Gasteiger partial charge in [0.25, 0.3) is 0 Å². The van der Waals surface area contributed by atoms with Crippen molar-refractivity contribution in [2.24, 2.45) is 0 Å². The van der Waals surface area contributed by atoms with Crippen LogP contribution in [0.15, 0.2) is 37.1 Å². The molecule has 0 saturated carbocycles. The van der Waals surface area contributed by atoms with Gasteiger partial charge in [0.15, 0.2) is 0 Å². The molecule has 0 unspecified atom stereocenters. The van der Waals surface area contributed by atoms with Gasteiger partial charge in [-0.15, -0.1) is 0 Å². The minimum absolute atomic E-state index is 0.0227. The fourth-order valence-corrected chi connectivity index (χ4v) is 24.1. The number of fused-ring (bicyclic) bond motifs is 1. The summed E-state index contributed by atoms with van der Waals surface area (Å²) in [5, 5.41) is 0. The summed E-state index contributed by atoms with van der Waals surface area (Å²) in [5.41, 5.74) is 1.19. The Balaban J connectivity index is 2.01. The van der Waals surface area contributed by atoms with Crippen LogP contribution in [-0.2, 0) is 0 Å². The first-order valence-electron chi connectivity index (χ1n) is 11.1. The summed E-state index contributed by atoms with van der Waals surface area (Å²) in [6.45, 7) is 6.93. The number of carbonyl (C=O) groups excluding carboxylic acids is 1. The van der Waals surface area contributed by atoms with Gasteiger partial charge in [0.2, 0.25) is 0 Å². The van der Waals surface area contributed by atoms with E-state index in [9.17, 15) is 4.79 Å². The molecule has 0 aliphatic rings. The molecule has 3 rings (SSSR count). The van der Waals surface area contributed by atoms with Crippen molar-refractivity contribution in [3.8, 4) is 0 Å². The van der Waals surface area contributed by atoms with Crippen molar-refractivity contribution in [2.45, 2.75) is 72.6 Å². The number of thiazole rings is 1. The number of carbonyl (C=O) groups is 1. The van der Waals surface area contributed by atoms with E-state index < -0.39 is 18.4 Å². The molecule has 0 bridgehead atoms. The standard InChI is InChI=1S/C11H6N3OS.3C4H9.Sn/c15-10(8-2-1-3-12-6-8)9-11-14(7-13-9)4-5-16-11;3*1-3-4-2;/h1-4,6-7H;3*1,3-4H2,2H3;. The van der Waals surface area contributed by atoms with Gasteiger partial charge in [-0.05, 0) is 0 Å². The van der Waals surface area contributed by atoms with Crippen LogP contribution in [0.4, 0.5) is 0 Å². The normalized spacial score (nSPS) is 12.0. The maximum absolute atomic E-state index is 13.0. The molecule has 0 saturated heterocycles. The number of unbranched alkanes of at least 4 members (excludes halogenated alkanes) is 3. The van der Waals surface area contributed by atoms with Crippen LogP contribution in [0.3, 0.4) is 0 Å². The van der Waals surface area contributed by atoms with Crippen molar-refractivity contribution < 1.29 is 4.79 Å². The fraction of sp³-hybridized carbons (Fsp3) is 0.522. The molecule has 3 aromatic heterocycles. The third-order valence-electron chi connectivity index (χ3n) is 5.90. The summed E-state index contributed by atoms with van der Waals surface area (Å²) in [5.74, 6) is -0.0227. The van der Waals surface area contributed by atoms with E-state index in [0.29, 0.717) is 11.3 Å². The third kappa shape index (κ3) is 5.10. The van der Waals surface area contributed by atoms with E-state index in [-0.39, 0.29) is 5.78 Å². The Bertz CT molecular complexity index is 897. The van der Waals surface area contributed by atoms with Gasteiger partial charge in [0.1, 0.15) is 0 Å². The predicted octanol–water partition coefficient (Wildman–Crippen LogP) is 6.08. The Labute approximate surface area is 182 Å². The average molecular weight is 518 g/mol. The third-order valence-corrected chi connectivity index (χ3v) is 25.2. The second kappa shape index (κ2) is 10.7. The molecule has 29 heavy (non-hydrogen) atoms. The van der Waals surface area contributed by atoms with Gasteiger partial charge in [0, 0.05) is 0 Å². The summed E-state index contributed by atoms with van der Waals surface area (Å²) in [6, 6.07) is 3.63. The average Bonchev–Trinajstić information content (AvgIpc) is 3.35. The topological polar surface area (TPSA) is 47.3 Å². The van der Waals surface area contributed by atoms with Crippen LogP contribution in [0.25, 0.3) is 4.83 Å². The van der Waals surface area contributed by atoms with Crippen LogP contribution in [-0.4, -0.2) is 38.5 Å².